The number of hydrogen-bond acceptors (Lipinski definition) is 7. The standard InChI is InChI=1S/C34H42N8/c1-34(2,24-35)30-10-9-11-31(38-30)42-29(25-12-13-25)22-26-23-36-33(39-32(26)42)37-27-14-16-28(17-15-27)41-20-6-4-5-18-40(3)19-7-8-21-41/h9-11,14-17,22-23,25H,4-8,12-13,18-21H2,1-3H3,(H,36,37,39). The van der Waals surface area contributed by atoms with E-state index >= 15 is 0 Å². The van der Waals surface area contributed by atoms with Gasteiger partial charge in [0.15, 0.2) is 5.65 Å². The molecule has 0 radical (unpaired) electrons. The maximum atomic E-state index is 9.70. The Bertz CT molecular complexity index is 1560. The van der Waals surface area contributed by atoms with Crippen molar-refractivity contribution in [3.8, 4) is 11.9 Å². The number of rotatable bonds is 6. The number of anilines is 3. The van der Waals surface area contributed by atoms with Crippen LogP contribution in [-0.2, 0) is 5.41 Å². The van der Waals surface area contributed by atoms with Gasteiger partial charge in [0.25, 0.3) is 0 Å². The first-order valence-corrected chi connectivity index (χ1v) is 15.5. The van der Waals surface area contributed by atoms with Crippen LogP contribution in [0.5, 0.6) is 0 Å². The fourth-order valence-corrected chi connectivity index (χ4v) is 5.85. The summed E-state index contributed by atoms with van der Waals surface area (Å²) in [6.45, 7) is 8.41. The van der Waals surface area contributed by atoms with Crippen LogP contribution in [0.1, 0.15) is 76.1 Å². The van der Waals surface area contributed by atoms with E-state index in [1.54, 1.807) is 0 Å². The lowest BCUT2D eigenvalue weighted by Crippen LogP contribution is -2.26. The average Bonchev–Trinajstić information content (AvgIpc) is 3.79. The van der Waals surface area contributed by atoms with Gasteiger partial charge >= 0.3 is 0 Å². The van der Waals surface area contributed by atoms with E-state index in [0.29, 0.717) is 11.9 Å². The van der Waals surface area contributed by atoms with Gasteiger partial charge in [-0.15, -0.1) is 0 Å². The Hall–Kier alpha value is -3.96. The number of hydrogen-bond donors (Lipinski definition) is 1. The van der Waals surface area contributed by atoms with E-state index in [1.165, 1.54) is 69.4 Å². The highest BCUT2D eigenvalue weighted by molar-refractivity contribution is 5.80. The molecule has 4 aromatic rings. The van der Waals surface area contributed by atoms with Crippen molar-refractivity contribution in [3.05, 3.63) is 66.1 Å². The van der Waals surface area contributed by atoms with E-state index in [-0.39, 0.29) is 0 Å². The lowest BCUT2D eigenvalue weighted by molar-refractivity contribution is 0.320. The van der Waals surface area contributed by atoms with Crippen molar-refractivity contribution in [2.24, 2.45) is 0 Å². The number of fused-ring (bicyclic) bond motifs is 1. The quantitative estimate of drug-likeness (QED) is 0.272. The number of pyridine rings is 1. The predicted octanol–water partition coefficient (Wildman–Crippen LogP) is 6.94. The third-order valence-electron chi connectivity index (χ3n) is 8.62. The first-order valence-electron chi connectivity index (χ1n) is 15.5. The van der Waals surface area contributed by atoms with Crippen LogP contribution < -0.4 is 10.2 Å². The van der Waals surface area contributed by atoms with E-state index in [1.807, 2.05) is 38.2 Å². The second-order valence-electron chi connectivity index (χ2n) is 12.5. The molecule has 0 spiro atoms. The highest BCUT2D eigenvalue weighted by atomic mass is 15.2. The zero-order chi connectivity index (χ0) is 29.1. The molecule has 6 rings (SSSR count). The van der Waals surface area contributed by atoms with Crippen molar-refractivity contribution in [2.75, 3.05) is 43.4 Å². The maximum Gasteiger partial charge on any atom is 0.229 e. The van der Waals surface area contributed by atoms with Gasteiger partial charge in [-0.2, -0.15) is 10.2 Å². The molecule has 8 nitrogen and oxygen atoms in total. The summed E-state index contributed by atoms with van der Waals surface area (Å²) in [4.78, 5) is 19.6. The number of nitrogens with one attached hydrogen (secondary N) is 1. The summed E-state index contributed by atoms with van der Waals surface area (Å²) in [6, 6.07) is 19.2. The first kappa shape index (κ1) is 28.2. The Labute approximate surface area is 249 Å². The highest BCUT2D eigenvalue weighted by Gasteiger charge is 2.30. The zero-order valence-corrected chi connectivity index (χ0v) is 25.2. The number of benzene rings is 1. The summed E-state index contributed by atoms with van der Waals surface area (Å²) in [5.74, 6) is 1.86. The molecule has 1 saturated heterocycles. The second kappa shape index (κ2) is 12.1. The SMILES string of the molecule is CN1CCCCCN(c2ccc(Nc3ncc4cc(C5CC5)n(-c5cccc(C(C)(C)C#N)n5)c4n3)cc2)CCCC1. The monoisotopic (exact) mass is 562 g/mol. The van der Waals surface area contributed by atoms with Crippen LogP contribution in [0.25, 0.3) is 16.9 Å². The molecule has 8 heteroatoms. The Morgan fingerprint density at radius 1 is 0.905 bits per heavy atom. The van der Waals surface area contributed by atoms with Crippen molar-refractivity contribution in [2.45, 2.75) is 70.1 Å². The van der Waals surface area contributed by atoms with Crippen LogP contribution in [0.3, 0.4) is 0 Å². The molecule has 1 N–H and O–H groups in total. The molecule has 42 heavy (non-hydrogen) atoms. The summed E-state index contributed by atoms with van der Waals surface area (Å²) >= 11 is 0. The lowest BCUT2D eigenvalue weighted by Gasteiger charge is -2.25. The van der Waals surface area contributed by atoms with Gasteiger partial charge in [0.05, 0.1) is 17.2 Å². The van der Waals surface area contributed by atoms with Gasteiger partial charge < -0.3 is 15.1 Å². The van der Waals surface area contributed by atoms with Gasteiger partial charge in [0.1, 0.15) is 5.82 Å². The molecule has 0 bridgehead atoms. The van der Waals surface area contributed by atoms with Gasteiger partial charge in [-0.1, -0.05) is 12.5 Å². The fraction of sp³-hybridized carbons (Fsp3) is 0.471. The molecular weight excluding hydrogens is 520 g/mol. The molecule has 0 atom stereocenters. The van der Waals surface area contributed by atoms with E-state index in [0.717, 1.165) is 41.3 Å². The van der Waals surface area contributed by atoms with Gasteiger partial charge in [-0.05, 0) is 121 Å². The zero-order valence-electron chi connectivity index (χ0n) is 25.2. The average molecular weight is 563 g/mol. The molecule has 1 aliphatic heterocycles. The second-order valence-corrected chi connectivity index (χ2v) is 12.5. The lowest BCUT2D eigenvalue weighted by atomic mass is 9.91. The van der Waals surface area contributed by atoms with E-state index in [4.69, 9.17) is 9.97 Å². The largest absolute Gasteiger partial charge is 0.372 e. The minimum absolute atomic E-state index is 0.500. The summed E-state index contributed by atoms with van der Waals surface area (Å²) in [7, 11) is 2.25. The van der Waals surface area contributed by atoms with E-state index < -0.39 is 5.41 Å². The topological polar surface area (TPSA) is 85.9 Å². The van der Waals surface area contributed by atoms with Crippen LogP contribution in [0.4, 0.5) is 17.3 Å². The van der Waals surface area contributed by atoms with Crippen LogP contribution >= 0.6 is 0 Å². The van der Waals surface area contributed by atoms with E-state index in [9.17, 15) is 5.26 Å². The van der Waals surface area contributed by atoms with Crippen LogP contribution in [-0.4, -0.2) is 57.6 Å². The molecular formula is C34H42N8. The summed E-state index contributed by atoms with van der Waals surface area (Å²) < 4.78 is 2.16. The first-order chi connectivity index (χ1) is 20.4. The third-order valence-corrected chi connectivity index (χ3v) is 8.62. The number of nitriles is 1. The Kier molecular flexibility index (Phi) is 8.12. The smallest absolute Gasteiger partial charge is 0.229 e. The van der Waals surface area contributed by atoms with Crippen LogP contribution in [0, 0.1) is 11.3 Å². The Morgan fingerprint density at radius 3 is 2.36 bits per heavy atom. The van der Waals surface area contributed by atoms with Crippen molar-refractivity contribution in [1.82, 2.24) is 24.4 Å². The van der Waals surface area contributed by atoms with Crippen LogP contribution in [0.15, 0.2) is 54.7 Å². The summed E-state index contributed by atoms with van der Waals surface area (Å²) in [6.07, 6.45) is 10.5. The van der Waals surface area contributed by atoms with Crippen molar-refractivity contribution < 1.29 is 0 Å². The Morgan fingerprint density at radius 2 is 1.62 bits per heavy atom. The van der Waals surface area contributed by atoms with Gasteiger partial charge in [0, 0.05) is 41.7 Å². The summed E-state index contributed by atoms with van der Waals surface area (Å²) in [5, 5.41) is 14.1. The molecule has 3 aromatic heterocycles. The van der Waals surface area contributed by atoms with Crippen LogP contribution in [0.2, 0.25) is 0 Å². The molecule has 1 aliphatic carbocycles. The fourth-order valence-electron chi connectivity index (χ4n) is 5.85. The molecule has 1 saturated carbocycles. The third kappa shape index (κ3) is 6.27. The molecule has 1 aromatic carbocycles. The van der Waals surface area contributed by atoms with Gasteiger partial charge in [-0.25, -0.2) is 9.97 Å². The van der Waals surface area contributed by atoms with E-state index in [2.05, 4.69) is 68.1 Å². The minimum Gasteiger partial charge on any atom is -0.372 e. The minimum atomic E-state index is -0.673. The molecule has 0 amide bonds. The molecule has 2 fully saturated rings. The highest BCUT2D eigenvalue weighted by Crippen LogP contribution is 2.43. The van der Waals surface area contributed by atoms with Gasteiger partial charge in [0.2, 0.25) is 5.95 Å². The molecule has 218 valence electrons. The maximum absolute atomic E-state index is 9.70. The predicted molar refractivity (Wildman–Crippen MR) is 170 cm³/mol. The van der Waals surface area contributed by atoms with Crippen molar-refractivity contribution >= 4 is 28.4 Å². The number of nitrogens with zero attached hydrogens (tertiary/aromatic N) is 7. The number of aromatic nitrogens is 4. The summed E-state index contributed by atoms with van der Waals surface area (Å²) in [5.41, 5.74) is 4.37. The van der Waals surface area contributed by atoms with Crippen molar-refractivity contribution in [1.29, 1.82) is 5.26 Å². The Balaban J connectivity index is 1.24. The molecule has 0 unspecified atom stereocenters. The molecule has 2 aliphatic rings. The molecule has 4 heterocycles. The van der Waals surface area contributed by atoms with Crippen molar-refractivity contribution in [3.63, 3.8) is 0 Å². The van der Waals surface area contributed by atoms with Gasteiger partial charge in [-0.3, -0.25) is 4.57 Å². The normalized spacial score (nSPS) is 17.5.